The number of phenols is 3. The van der Waals surface area contributed by atoms with Gasteiger partial charge in [-0.3, -0.25) is 0 Å². The molecule has 0 heterocycles. The van der Waals surface area contributed by atoms with Crippen LogP contribution in [0.3, 0.4) is 0 Å². The van der Waals surface area contributed by atoms with Crippen molar-refractivity contribution in [2.45, 2.75) is 6.42 Å². The topological polar surface area (TPSA) is 86.7 Å². The first-order valence-electron chi connectivity index (χ1n) is 5.66. The fraction of sp³-hybridized carbons (Fsp3) is 0.143. The molecule has 18 heavy (non-hydrogen) atoms. The van der Waals surface area contributed by atoms with Crippen LogP contribution in [0.4, 0.5) is 0 Å². The minimum atomic E-state index is -0.168. The molecule has 0 atom stereocenters. The molecule has 0 saturated heterocycles. The maximum absolute atomic E-state index is 9.97. The van der Waals surface area contributed by atoms with E-state index >= 15 is 0 Å². The molecule has 4 nitrogen and oxygen atoms in total. The molecule has 5 N–H and O–H groups in total. The van der Waals surface area contributed by atoms with Crippen LogP contribution in [0, 0.1) is 0 Å². The van der Waals surface area contributed by atoms with Crippen LogP contribution in [0.1, 0.15) is 5.56 Å². The van der Waals surface area contributed by atoms with Gasteiger partial charge in [-0.15, -0.1) is 0 Å². The number of rotatable bonds is 3. The smallest absolute Gasteiger partial charge is 0.165 e. The van der Waals surface area contributed by atoms with E-state index in [4.69, 9.17) is 5.73 Å². The molecule has 0 fully saturated rings. The number of nitrogens with two attached hydrogens (primary N) is 1. The van der Waals surface area contributed by atoms with E-state index in [1.54, 1.807) is 18.2 Å². The van der Waals surface area contributed by atoms with Crippen LogP contribution in [-0.2, 0) is 6.42 Å². The molecule has 2 aromatic carbocycles. The molecule has 0 spiro atoms. The molecule has 0 aliphatic heterocycles. The molecule has 4 heteroatoms. The van der Waals surface area contributed by atoms with E-state index in [9.17, 15) is 15.3 Å². The average Bonchev–Trinajstić information content (AvgIpc) is 2.36. The molecule has 0 unspecified atom stereocenters. The van der Waals surface area contributed by atoms with Crippen LogP contribution >= 0.6 is 0 Å². The Bertz CT molecular complexity index is 550. The Morgan fingerprint density at radius 2 is 1.56 bits per heavy atom. The van der Waals surface area contributed by atoms with Crippen LogP contribution < -0.4 is 5.73 Å². The number of benzene rings is 2. The van der Waals surface area contributed by atoms with E-state index < -0.39 is 0 Å². The number of hydrogen-bond donors (Lipinski definition) is 4. The minimum Gasteiger partial charge on any atom is -0.508 e. The SMILES string of the molecule is NCCc1ccc(O)c(O)c1-c1ccc(O)cc1. The summed E-state index contributed by atoms with van der Waals surface area (Å²) < 4.78 is 0. The molecule has 2 rings (SSSR count). The lowest BCUT2D eigenvalue weighted by atomic mass is 9.96. The third-order valence-electron chi connectivity index (χ3n) is 2.81. The van der Waals surface area contributed by atoms with E-state index in [1.165, 1.54) is 18.2 Å². The molecule has 0 bridgehead atoms. The Morgan fingerprint density at radius 3 is 2.17 bits per heavy atom. The highest BCUT2D eigenvalue weighted by Gasteiger charge is 2.13. The predicted molar refractivity (Wildman–Crippen MR) is 69.6 cm³/mol. The largest absolute Gasteiger partial charge is 0.508 e. The van der Waals surface area contributed by atoms with Gasteiger partial charge in [-0.05, 0) is 42.3 Å². The Morgan fingerprint density at radius 1 is 0.889 bits per heavy atom. The van der Waals surface area contributed by atoms with Gasteiger partial charge in [-0.2, -0.15) is 0 Å². The highest BCUT2D eigenvalue weighted by molar-refractivity contribution is 5.77. The molecule has 0 saturated carbocycles. The lowest BCUT2D eigenvalue weighted by Crippen LogP contribution is -2.04. The number of aromatic hydroxyl groups is 3. The maximum Gasteiger partial charge on any atom is 0.165 e. The Balaban J connectivity index is 2.60. The quantitative estimate of drug-likeness (QED) is 0.623. The third kappa shape index (κ3) is 2.24. The third-order valence-corrected chi connectivity index (χ3v) is 2.81. The van der Waals surface area contributed by atoms with Gasteiger partial charge in [0.2, 0.25) is 0 Å². The van der Waals surface area contributed by atoms with E-state index in [0.717, 1.165) is 11.1 Å². The monoisotopic (exact) mass is 245 g/mol. The molecule has 0 radical (unpaired) electrons. The summed E-state index contributed by atoms with van der Waals surface area (Å²) in [5, 5.41) is 28.8. The van der Waals surface area contributed by atoms with Crippen LogP contribution in [0.15, 0.2) is 36.4 Å². The number of phenolic OH excluding ortho intramolecular Hbond substituents is 3. The second-order valence-electron chi connectivity index (χ2n) is 4.05. The van der Waals surface area contributed by atoms with Gasteiger partial charge in [0.15, 0.2) is 11.5 Å². The minimum absolute atomic E-state index is 0.152. The fourth-order valence-corrected chi connectivity index (χ4v) is 1.94. The summed E-state index contributed by atoms with van der Waals surface area (Å²) in [5.41, 5.74) is 7.68. The van der Waals surface area contributed by atoms with Crippen molar-refractivity contribution in [1.82, 2.24) is 0 Å². The van der Waals surface area contributed by atoms with Crippen LogP contribution in [-0.4, -0.2) is 21.9 Å². The summed E-state index contributed by atoms with van der Waals surface area (Å²) in [7, 11) is 0. The summed E-state index contributed by atoms with van der Waals surface area (Å²) in [6, 6.07) is 9.62. The summed E-state index contributed by atoms with van der Waals surface area (Å²) >= 11 is 0. The molecular formula is C14H15NO3. The highest BCUT2D eigenvalue weighted by Crippen LogP contribution is 2.39. The molecular weight excluding hydrogens is 230 g/mol. The lowest BCUT2D eigenvalue weighted by molar-refractivity contribution is 0.404. The second kappa shape index (κ2) is 4.98. The van der Waals surface area contributed by atoms with Gasteiger partial charge in [-0.1, -0.05) is 18.2 Å². The number of hydrogen-bond acceptors (Lipinski definition) is 4. The lowest BCUT2D eigenvalue weighted by Gasteiger charge is -2.12. The Kier molecular flexibility index (Phi) is 3.39. The van der Waals surface area contributed by atoms with Crippen molar-refractivity contribution in [2.24, 2.45) is 5.73 Å². The first kappa shape index (κ1) is 12.3. The predicted octanol–water partition coefficient (Wildman–Crippen LogP) is 1.97. The Labute approximate surface area is 105 Å². The molecule has 0 aliphatic rings. The second-order valence-corrected chi connectivity index (χ2v) is 4.05. The van der Waals surface area contributed by atoms with E-state index in [2.05, 4.69) is 0 Å². The van der Waals surface area contributed by atoms with Crippen LogP contribution in [0.2, 0.25) is 0 Å². The van der Waals surface area contributed by atoms with Crippen molar-refractivity contribution < 1.29 is 15.3 Å². The average molecular weight is 245 g/mol. The standard InChI is InChI=1S/C14H15NO3/c15-8-7-10-3-6-12(17)14(18)13(10)9-1-4-11(16)5-2-9/h1-6,16-18H,7-8,15H2. The van der Waals surface area contributed by atoms with Crippen molar-refractivity contribution in [2.75, 3.05) is 6.54 Å². The van der Waals surface area contributed by atoms with Gasteiger partial charge < -0.3 is 21.1 Å². The van der Waals surface area contributed by atoms with Gasteiger partial charge in [0.25, 0.3) is 0 Å². The van der Waals surface area contributed by atoms with Gasteiger partial charge in [0.1, 0.15) is 5.75 Å². The zero-order valence-corrected chi connectivity index (χ0v) is 9.80. The molecule has 0 aromatic heterocycles. The van der Waals surface area contributed by atoms with Crippen molar-refractivity contribution in [1.29, 1.82) is 0 Å². The zero-order valence-electron chi connectivity index (χ0n) is 9.80. The first-order valence-corrected chi connectivity index (χ1v) is 5.66. The molecule has 0 aliphatic carbocycles. The van der Waals surface area contributed by atoms with Crippen LogP contribution in [0.25, 0.3) is 11.1 Å². The summed E-state index contributed by atoms with van der Waals surface area (Å²) in [6.45, 7) is 0.454. The van der Waals surface area contributed by atoms with Gasteiger partial charge in [-0.25, -0.2) is 0 Å². The highest BCUT2D eigenvalue weighted by atomic mass is 16.3. The van der Waals surface area contributed by atoms with Gasteiger partial charge in [0.05, 0.1) is 0 Å². The van der Waals surface area contributed by atoms with Crippen molar-refractivity contribution in [3.63, 3.8) is 0 Å². The summed E-state index contributed by atoms with van der Waals surface area (Å²) in [4.78, 5) is 0. The molecule has 2 aromatic rings. The van der Waals surface area contributed by atoms with Crippen molar-refractivity contribution >= 4 is 0 Å². The molecule has 94 valence electrons. The zero-order chi connectivity index (χ0) is 13.1. The maximum atomic E-state index is 9.97. The van der Waals surface area contributed by atoms with Crippen molar-refractivity contribution in [3.8, 4) is 28.4 Å². The van der Waals surface area contributed by atoms with E-state index in [1.807, 2.05) is 0 Å². The van der Waals surface area contributed by atoms with E-state index in [0.29, 0.717) is 18.5 Å². The molecule has 0 amide bonds. The van der Waals surface area contributed by atoms with Gasteiger partial charge >= 0.3 is 0 Å². The normalized spacial score (nSPS) is 10.5. The van der Waals surface area contributed by atoms with Gasteiger partial charge in [0, 0.05) is 5.56 Å². The Hall–Kier alpha value is -2.20. The summed E-state index contributed by atoms with van der Waals surface area (Å²) in [5.74, 6) is -0.177. The fourth-order valence-electron chi connectivity index (χ4n) is 1.94. The summed E-state index contributed by atoms with van der Waals surface area (Å²) in [6.07, 6.45) is 0.601. The first-order chi connectivity index (χ1) is 8.63. The van der Waals surface area contributed by atoms with E-state index in [-0.39, 0.29) is 17.2 Å². The van der Waals surface area contributed by atoms with Crippen molar-refractivity contribution in [3.05, 3.63) is 42.0 Å². The van der Waals surface area contributed by atoms with Crippen LogP contribution in [0.5, 0.6) is 17.2 Å².